The number of fused-ring (bicyclic) bond motifs is 5. The number of nitrogens with one attached hydrogen (secondary N) is 1. The van der Waals surface area contributed by atoms with E-state index in [0.717, 1.165) is 43.4 Å². The van der Waals surface area contributed by atoms with Gasteiger partial charge in [0, 0.05) is 18.4 Å². The van der Waals surface area contributed by atoms with Crippen LogP contribution in [0.25, 0.3) is 0 Å². The summed E-state index contributed by atoms with van der Waals surface area (Å²) in [6.45, 7) is 5.68. The number of nitrogens with zero attached hydrogens (tertiary/aromatic N) is 1. The van der Waals surface area contributed by atoms with Gasteiger partial charge < -0.3 is 10.5 Å². The Hall–Kier alpha value is -1.06. The zero-order valence-electron chi connectivity index (χ0n) is 14.5. The van der Waals surface area contributed by atoms with Crippen molar-refractivity contribution in [2.45, 2.75) is 65.2 Å². The smallest absolute Gasteiger partial charge is 0.220 e. The van der Waals surface area contributed by atoms with Crippen LogP contribution in [0.2, 0.25) is 0 Å². The molecule has 4 aliphatic rings. The van der Waals surface area contributed by atoms with Crippen LogP contribution in [0.15, 0.2) is 5.16 Å². The molecular weight excluding hydrogens is 288 g/mol. The molecule has 0 unspecified atom stereocenters. The van der Waals surface area contributed by atoms with Gasteiger partial charge in [0.15, 0.2) is 0 Å². The third-order valence-electron chi connectivity index (χ3n) is 8.36. The molecule has 23 heavy (non-hydrogen) atoms. The van der Waals surface area contributed by atoms with Gasteiger partial charge in [-0.3, -0.25) is 4.79 Å². The topological polar surface area (TPSA) is 61.7 Å². The molecule has 0 bridgehead atoms. The van der Waals surface area contributed by atoms with Crippen molar-refractivity contribution < 1.29 is 10.0 Å². The largest absolute Gasteiger partial charge is 0.411 e. The average molecular weight is 318 g/mol. The second-order valence-electron chi connectivity index (χ2n) is 9.00. The second-order valence-corrected chi connectivity index (χ2v) is 9.00. The van der Waals surface area contributed by atoms with Crippen molar-refractivity contribution >= 4 is 11.6 Å². The van der Waals surface area contributed by atoms with Crippen LogP contribution in [-0.2, 0) is 4.79 Å². The Morgan fingerprint density at radius 1 is 1.09 bits per heavy atom. The fourth-order valence-corrected chi connectivity index (χ4v) is 6.92. The first kappa shape index (κ1) is 15.5. The van der Waals surface area contributed by atoms with Crippen molar-refractivity contribution in [3.05, 3.63) is 0 Å². The number of amides is 1. The van der Waals surface area contributed by atoms with Gasteiger partial charge in [-0.15, -0.1) is 0 Å². The fourth-order valence-electron chi connectivity index (χ4n) is 6.92. The van der Waals surface area contributed by atoms with Gasteiger partial charge in [0.05, 0.1) is 5.71 Å². The predicted molar refractivity (Wildman–Crippen MR) is 89.3 cm³/mol. The van der Waals surface area contributed by atoms with Gasteiger partial charge in [0.1, 0.15) is 0 Å². The van der Waals surface area contributed by atoms with Crippen LogP contribution in [0.5, 0.6) is 0 Å². The van der Waals surface area contributed by atoms with Crippen LogP contribution in [0.3, 0.4) is 0 Å². The first-order chi connectivity index (χ1) is 11.0. The highest BCUT2D eigenvalue weighted by Gasteiger charge is 2.59. The summed E-state index contributed by atoms with van der Waals surface area (Å²) in [5, 5.41) is 16.2. The summed E-state index contributed by atoms with van der Waals surface area (Å²) in [6.07, 6.45) is 8.84. The summed E-state index contributed by atoms with van der Waals surface area (Å²) in [4.78, 5) is 11.9. The van der Waals surface area contributed by atoms with Crippen molar-refractivity contribution in [2.75, 3.05) is 6.54 Å². The van der Waals surface area contributed by atoms with Crippen molar-refractivity contribution in [3.63, 3.8) is 0 Å². The molecule has 0 aromatic heterocycles. The first-order valence-corrected chi connectivity index (χ1v) is 9.47. The van der Waals surface area contributed by atoms with Crippen LogP contribution in [0.1, 0.15) is 65.2 Å². The third kappa shape index (κ3) is 2.09. The quantitative estimate of drug-likeness (QED) is 0.529. The van der Waals surface area contributed by atoms with Crippen molar-refractivity contribution in [1.82, 2.24) is 5.32 Å². The molecule has 1 heterocycles. The lowest BCUT2D eigenvalue weighted by Gasteiger charge is -2.58. The van der Waals surface area contributed by atoms with E-state index >= 15 is 0 Å². The zero-order valence-corrected chi connectivity index (χ0v) is 14.5. The highest BCUT2D eigenvalue weighted by atomic mass is 16.4. The first-order valence-electron chi connectivity index (χ1n) is 9.47. The molecule has 1 saturated heterocycles. The Balaban J connectivity index is 1.65. The lowest BCUT2D eigenvalue weighted by Crippen LogP contribution is -2.52. The lowest BCUT2D eigenvalue weighted by molar-refractivity contribution is -0.121. The number of hydrogen-bond acceptors (Lipinski definition) is 3. The minimum Gasteiger partial charge on any atom is -0.411 e. The Bertz CT molecular complexity index is 545. The van der Waals surface area contributed by atoms with Gasteiger partial charge in [-0.25, -0.2) is 0 Å². The normalized spacial score (nSPS) is 51.4. The van der Waals surface area contributed by atoms with E-state index in [-0.39, 0.29) is 11.3 Å². The molecule has 4 fully saturated rings. The van der Waals surface area contributed by atoms with Crippen molar-refractivity contribution in [3.8, 4) is 0 Å². The van der Waals surface area contributed by atoms with Crippen LogP contribution in [0.4, 0.5) is 0 Å². The fraction of sp³-hybridized carbons (Fsp3) is 0.895. The molecule has 0 aromatic carbocycles. The van der Waals surface area contributed by atoms with Crippen LogP contribution in [-0.4, -0.2) is 23.4 Å². The summed E-state index contributed by atoms with van der Waals surface area (Å²) in [6, 6.07) is 0. The Kier molecular flexibility index (Phi) is 3.51. The van der Waals surface area contributed by atoms with Gasteiger partial charge in [-0.1, -0.05) is 19.0 Å². The monoisotopic (exact) mass is 318 g/mol. The summed E-state index contributed by atoms with van der Waals surface area (Å²) in [5.41, 5.74) is 1.48. The molecule has 1 aliphatic heterocycles. The van der Waals surface area contributed by atoms with Gasteiger partial charge in [0.2, 0.25) is 5.91 Å². The van der Waals surface area contributed by atoms with E-state index < -0.39 is 0 Å². The van der Waals surface area contributed by atoms with Crippen LogP contribution in [0, 0.1) is 34.5 Å². The molecule has 3 aliphatic carbocycles. The van der Waals surface area contributed by atoms with E-state index in [0.29, 0.717) is 23.7 Å². The summed E-state index contributed by atoms with van der Waals surface area (Å²) < 4.78 is 0. The number of rotatable bonds is 0. The van der Waals surface area contributed by atoms with Crippen molar-refractivity contribution in [1.29, 1.82) is 0 Å². The van der Waals surface area contributed by atoms with Crippen molar-refractivity contribution in [2.24, 2.45) is 39.7 Å². The maximum atomic E-state index is 11.9. The van der Waals surface area contributed by atoms with E-state index in [1.807, 2.05) is 0 Å². The summed E-state index contributed by atoms with van der Waals surface area (Å²) in [7, 11) is 0. The molecule has 3 saturated carbocycles. The number of oxime groups is 1. The summed E-state index contributed by atoms with van der Waals surface area (Å²) >= 11 is 0. The number of carbonyl (C=O) groups is 1. The molecule has 2 N–H and O–H groups in total. The molecule has 0 spiro atoms. The molecule has 0 radical (unpaired) electrons. The Labute approximate surface area is 139 Å². The molecule has 4 nitrogen and oxygen atoms in total. The number of carbonyl (C=O) groups excluding carboxylic acids is 1. The van der Waals surface area contributed by atoms with E-state index in [4.69, 9.17) is 0 Å². The Morgan fingerprint density at radius 3 is 2.70 bits per heavy atom. The Morgan fingerprint density at radius 2 is 1.91 bits per heavy atom. The van der Waals surface area contributed by atoms with Crippen LogP contribution < -0.4 is 5.32 Å². The maximum Gasteiger partial charge on any atom is 0.220 e. The molecule has 0 aromatic rings. The van der Waals surface area contributed by atoms with Gasteiger partial charge in [-0.05, 0) is 74.0 Å². The SMILES string of the molecule is C[C@]12CCC(=O)NC[C@@H]1CC[C@@H]1[C@@H]2CC[C@]2(C)/C(=N/O)CC[C@@H]12. The van der Waals surface area contributed by atoms with E-state index in [1.165, 1.54) is 25.7 Å². The predicted octanol–water partition coefficient (Wildman–Crippen LogP) is 3.59. The van der Waals surface area contributed by atoms with Crippen LogP contribution >= 0.6 is 0 Å². The zero-order chi connectivity index (χ0) is 16.2. The third-order valence-corrected chi connectivity index (χ3v) is 8.36. The van der Waals surface area contributed by atoms with Gasteiger partial charge in [0.25, 0.3) is 0 Å². The summed E-state index contributed by atoms with van der Waals surface area (Å²) in [5.74, 6) is 3.06. The van der Waals surface area contributed by atoms with E-state index in [2.05, 4.69) is 24.3 Å². The molecule has 128 valence electrons. The van der Waals surface area contributed by atoms with Gasteiger partial charge >= 0.3 is 0 Å². The molecule has 4 heteroatoms. The van der Waals surface area contributed by atoms with E-state index in [1.54, 1.807) is 0 Å². The second kappa shape index (κ2) is 5.22. The highest BCUT2D eigenvalue weighted by molar-refractivity contribution is 5.92. The maximum absolute atomic E-state index is 11.9. The standard InChI is InChI=1S/C19H30N2O2/c1-18-10-8-17(22)20-11-12(18)3-4-13-14-5-6-16(21-23)19(14,2)9-7-15(13)18/h12-15,23H,3-11H2,1-2H3,(H,20,22)/b21-16+/t12-,13-,14-,15-,18-,19-/m0/s1. The molecular formula is C19H30N2O2. The van der Waals surface area contributed by atoms with E-state index in [9.17, 15) is 10.0 Å². The highest BCUT2D eigenvalue weighted by Crippen LogP contribution is 2.64. The minimum atomic E-state index is 0.123. The molecule has 6 atom stereocenters. The average Bonchev–Trinajstić information content (AvgIpc) is 2.80. The lowest BCUT2D eigenvalue weighted by atomic mass is 9.47. The minimum absolute atomic E-state index is 0.123. The van der Waals surface area contributed by atoms with Gasteiger partial charge in [-0.2, -0.15) is 0 Å². The number of hydrogen-bond donors (Lipinski definition) is 2. The molecule has 1 amide bonds. The molecule has 4 rings (SSSR count).